The van der Waals surface area contributed by atoms with Gasteiger partial charge in [-0.05, 0) is 30.3 Å². The van der Waals surface area contributed by atoms with Crippen molar-refractivity contribution < 1.29 is 13.2 Å². The van der Waals surface area contributed by atoms with Crippen molar-refractivity contribution in [2.24, 2.45) is 0 Å². The van der Waals surface area contributed by atoms with Crippen molar-refractivity contribution in [1.82, 2.24) is 4.98 Å². The first kappa shape index (κ1) is 15.8. The predicted molar refractivity (Wildman–Crippen MR) is 87.3 cm³/mol. The molecule has 118 valence electrons. The van der Waals surface area contributed by atoms with Gasteiger partial charge in [0, 0.05) is 21.7 Å². The number of hydrogen-bond donors (Lipinski definition) is 1. The summed E-state index contributed by atoms with van der Waals surface area (Å²) in [5.41, 5.74) is 1.21. The van der Waals surface area contributed by atoms with Gasteiger partial charge >= 0.3 is 6.18 Å². The second-order valence-electron chi connectivity index (χ2n) is 4.75. The number of thiazole rings is 1. The van der Waals surface area contributed by atoms with Gasteiger partial charge in [0.2, 0.25) is 0 Å². The smallest absolute Gasteiger partial charge is 0.332 e. The standard InChI is InChI=1S/C16H10ClF3N2S/c17-12-5-1-3-10(7-12)14-9-23-15(22-14)21-13-6-2-4-11(8-13)16(18,19)20/h1-9H,(H,21,22). The first-order chi connectivity index (χ1) is 10.9. The van der Waals surface area contributed by atoms with Crippen LogP contribution < -0.4 is 5.32 Å². The van der Waals surface area contributed by atoms with E-state index in [0.717, 1.165) is 17.7 Å². The number of nitrogens with zero attached hydrogens (tertiary/aromatic N) is 1. The highest BCUT2D eigenvalue weighted by Gasteiger charge is 2.30. The maximum absolute atomic E-state index is 12.7. The molecule has 0 saturated carbocycles. The van der Waals surface area contributed by atoms with Crippen LogP contribution in [0, 0.1) is 0 Å². The van der Waals surface area contributed by atoms with Crippen LogP contribution in [0.4, 0.5) is 24.0 Å². The summed E-state index contributed by atoms with van der Waals surface area (Å²) in [6.07, 6.45) is -4.37. The molecule has 3 rings (SSSR count). The molecule has 0 saturated heterocycles. The van der Waals surface area contributed by atoms with Crippen LogP contribution in [0.1, 0.15) is 5.56 Å². The van der Waals surface area contributed by atoms with Crippen LogP contribution in [0.3, 0.4) is 0 Å². The molecule has 0 aliphatic carbocycles. The van der Waals surface area contributed by atoms with E-state index in [9.17, 15) is 13.2 Å². The predicted octanol–water partition coefficient (Wildman–Crippen LogP) is 6.23. The van der Waals surface area contributed by atoms with Gasteiger partial charge in [-0.2, -0.15) is 13.2 Å². The molecular weight excluding hydrogens is 345 g/mol. The van der Waals surface area contributed by atoms with Crippen LogP contribution in [0.25, 0.3) is 11.3 Å². The van der Waals surface area contributed by atoms with E-state index >= 15 is 0 Å². The zero-order valence-electron chi connectivity index (χ0n) is 11.6. The van der Waals surface area contributed by atoms with E-state index in [4.69, 9.17) is 11.6 Å². The molecular formula is C16H10ClF3N2S. The third-order valence-electron chi connectivity index (χ3n) is 3.07. The Balaban J connectivity index is 1.82. The van der Waals surface area contributed by atoms with Gasteiger partial charge in [-0.15, -0.1) is 11.3 Å². The first-order valence-corrected chi connectivity index (χ1v) is 7.83. The number of halogens is 4. The fourth-order valence-corrected chi connectivity index (χ4v) is 2.94. The van der Waals surface area contributed by atoms with Gasteiger partial charge in [-0.3, -0.25) is 0 Å². The van der Waals surface area contributed by atoms with Crippen molar-refractivity contribution >= 4 is 33.8 Å². The minimum Gasteiger partial charge on any atom is -0.332 e. The molecule has 1 heterocycles. The molecule has 0 unspecified atom stereocenters. The second-order valence-corrected chi connectivity index (χ2v) is 6.05. The van der Waals surface area contributed by atoms with E-state index < -0.39 is 11.7 Å². The summed E-state index contributed by atoms with van der Waals surface area (Å²) in [7, 11) is 0. The Bertz CT molecular complexity index is 830. The number of hydrogen-bond acceptors (Lipinski definition) is 3. The lowest BCUT2D eigenvalue weighted by molar-refractivity contribution is -0.137. The van der Waals surface area contributed by atoms with Crippen LogP contribution in [-0.2, 0) is 6.18 Å². The zero-order valence-corrected chi connectivity index (χ0v) is 13.1. The minimum atomic E-state index is -4.37. The van der Waals surface area contributed by atoms with E-state index in [1.807, 2.05) is 17.5 Å². The largest absolute Gasteiger partial charge is 0.416 e. The number of anilines is 2. The average Bonchev–Trinajstić information content (AvgIpc) is 2.95. The van der Waals surface area contributed by atoms with Crippen LogP contribution in [0.5, 0.6) is 0 Å². The highest BCUT2D eigenvalue weighted by molar-refractivity contribution is 7.14. The Hall–Kier alpha value is -2.05. The van der Waals surface area contributed by atoms with Crippen molar-refractivity contribution in [1.29, 1.82) is 0 Å². The molecule has 1 aromatic heterocycles. The SMILES string of the molecule is FC(F)(F)c1cccc(Nc2nc(-c3cccc(Cl)c3)cs2)c1. The molecule has 23 heavy (non-hydrogen) atoms. The van der Waals surface area contributed by atoms with Crippen LogP contribution in [0.15, 0.2) is 53.9 Å². The van der Waals surface area contributed by atoms with E-state index in [0.29, 0.717) is 21.5 Å². The fraction of sp³-hybridized carbons (Fsp3) is 0.0625. The van der Waals surface area contributed by atoms with Crippen molar-refractivity contribution in [3.63, 3.8) is 0 Å². The molecule has 3 aromatic rings. The molecule has 0 bridgehead atoms. The summed E-state index contributed by atoms with van der Waals surface area (Å²) in [5.74, 6) is 0. The van der Waals surface area contributed by atoms with Crippen LogP contribution in [0.2, 0.25) is 5.02 Å². The molecule has 0 radical (unpaired) electrons. The third kappa shape index (κ3) is 3.83. The highest BCUT2D eigenvalue weighted by Crippen LogP contribution is 2.32. The van der Waals surface area contributed by atoms with E-state index in [1.54, 1.807) is 18.2 Å². The molecule has 0 fully saturated rings. The maximum Gasteiger partial charge on any atom is 0.416 e. The average molecular weight is 355 g/mol. The van der Waals surface area contributed by atoms with Crippen LogP contribution in [-0.4, -0.2) is 4.98 Å². The summed E-state index contributed by atoms with van der Waals surface area (Å²) in [4.78, 5) is 4.38. The van der Waals surface area contributed by atoms with Gasteiger partial charge in [-0.25, -0.2) is 4.98 Å². The summed E-state index contributed by atoms with van der Waals surface area (Å²) < 4.78 is 38.1. The highest BCUT2D eigenvalue weighted by atomic mass is 35.5. The second kappa shape index (κ2) is 6.22. The Morgan fingerprint density at radius 3 is 2.57 bits per heavy atom. The fourth-order valence-electron chi connectivity index (χ4n) is 2.01. The molecule has 0 amide bonds. The molecule has 7 heteroatoms. The third-order valence-corrected chi connectivity index (χ3v) is 4.06. The molecule has 0 aliphatic heterocycles. The Labute approximate surface area is 139 Å². The summed E-state index contributed by atoms with van der Waals surface area (Å²) in [6, 6.07) is 12.2. The molecule has 0 atom stereocenters. The Kier molecular flexibility index (Phi) is 4.28. The van der Waals surface area contributed by atoms with E-state index in [1.165, 1.54) is 17.4 Å². The van der Waals surface area contributed by atoms with Gasteiger partial charge in [-0.1, -0.05) is 29.8 Å². The topological polar surface area (TPSA) is 24.9 Å². The van der Waals surface area contributed by atoms with Gasteiger partial charge in [0.25, 0.3) is 0 Å². The molecule has 1 N–H and O–H groups in total. The summed E-state index contributed by atoms with van der Waals surface area (Å²) in [6.45, 7) is 0. The Morgan fingerprint density at radius 2 is 1.83 bits per heavy atom. The first-order valence-electron chi connectivity index (χ1n) is 6.57. The van der Waals surface area contributed by atoms with E-state index in [-0.39, 0.29) is 0 Å². The summed E-state index contributed by atoms with van der Waals surface area (Å²) >= 11 is 7.26. The maximum atomic E-state index is 12.7. The van der Waals surface area contributed by atoms with Crippen molar-refractivity contribution in [3.8, 4) is 11.3 Å². The number of aromatic nitrogens is 1. The molecule has 0 aliphatic rings. The molecule has 2 nitrogen and oxygen atoms in total. The monoisotopic (exact) mass is 354 g/mol. The number of alkyl halides is 3. The van der Waals surface area contributed by atoms with Gasteiger partial charge < -0.3 is 5.32 Å². The summed E-state index contributed by atoms with van der Waals surface area (Å²) in [5, 5.41) is 5.83. The number of rotatable bonds is 3. The van der Waals surface area contributed by atoms with E-state index in [2.05, 4.69) is 10.3 Å². The normalized spacial score (nSPS) is 11.5. The lowest BCUT2D eigenvalue weighted by Gasteiger charge is -2.08. The van der Waals surface area contributed by atoms with Gasteiger partial charge in [0.05, 0.1) is 11.3 Å². The minimum absolute atomic E-state index is 0.340. The van der Waals surface area contributed by atoms with Crippen molar-refractivity contribution in [2.45, 2.75) is 6.18 Å². The molecule has 2 aromatic carbocycles. The van der Waals surface area contributed by atoms with Crippen molar-refractivity contribution in [3.05, 3.63) is 64.5 Å². The lowest BCUT2D eigenvalue weighted by Crippen LogP contribution is -2.05. The van der Waals surface area contributed by atoms with Crippen LogP contribution >= 0.6 is 22.9 Å². The van der Waals surface area contributed by atoms with Gasteiger partial charge in [0.15, 0.2) is 5.13 Å². The lowest BCUT2D eigenvalue weighted by atomic mass is 10.2. The van der Waals surface area contributed by atoms with Gasteiger partial charge in [0.1, 0.15) is 0 Å². The Morgan fingerprint density at radius 1 is 1.04 bits per heavy atom. The zero-order chi connectivity index (χ0) is 16.4. The number of benzene rings is 2. The number of nitrogens with one attached hydrogen (secondary N) is 1. The van der Waals surface area contributed by atoms with Crippen molar-refractivity contribution in [2.75, 3.05) is 5.32 Å². The quantitative estimate of drug-likeness (QED) is 0.603. The molecule has 0 spiro atoms.